The normalized spacial score (nSPS) is 20.9. The molecule has 2 rings (SSSR count). The predicted octanol–water partition coefficient (Wildman–Crippen LogP) is 6.20. The Kier molecular flexibility index (Phi) is 10.6. The highest BCUT2D eigenvalue weighted by Gasteiger charge is 2.33. The average Bonchev–Trinajstić information content (AvgIpc) is 3.13. The number of aliphatic hydroxyl groups excluding tert-OH is 1. The lowest BCUT2D eigenvalue weighted by atomic mass is 9.85. The SMILES string of the molecule is O=C(O)CCCCCCC1CC/C(=N/O)C1CC[C@@H](O)CCc1cc(F)cc(C(F)(F)F)c1. The van der Waals surface area contributed by atoms with E-state index in [4.69, 9.17) is 5.11 Å². The number of carbonyl (C=O) groups is 1. The number of aryl methyl sites for hydroxylation is 1. The van der Waals surface area contributed by atoms with Gasteiger partial charge in [0.25, 0.3) is 0 Å². The van der Waals surface area contributed by atoms with Crippen molar-refractivity contribution in [3.63, 3.8) is 0 Å². The van der Waals surface area contributed by atoms with Crippen molar-refractivity contribution >= 4 is 11.7 Å². The molecule has 1 aliphatic rings. The van der Waals surface area contributed by atoms with Gasteiger partial charge in [-0.05, 0) is 81.0 Å². The van der Waals surface area contributed by atoms with Gasteiger partial charge < -0.3 is 15.4 Å². The maximum atomic E-state index is 13.5. The Labute approximate surface area is 191 Å². The molecular formula is C24H33F4NO4. The quantitative estimate of drug-likeness (QED) is 0.137. The van der Waals surface area contributed by atoms with Crippen LogP contribution in [0.3, 0.4) is 0 Å². The summed E-state index contributed by atoms with van der Waals surface area (Å²) in [7, 11) is 0. The number of aliphatic carboxylic acids is 1. The number of carboxylic acid groups (broad SMARTS) is 1. The summed E-state index contributed by atoms with van der Waals surface area (Å²) in [4.78, 5) is 10.6. The highest BCUT2D eigenvalue weighted by atomic mass is 19.4. The molecule has 1 aromatic carbocycles. The van der Waals surface area contributed by atoms with Crippen LogP contribution in [0.1, 0.15) is 81.8 Å². The van der Waals surface area contributed by atoms with E-state index in [-0.39, 0.29) is 30.7 Å². The fraction of sp³-hybridized carbons (Fsp3) is 0.667. The highest BCUT2D eigenvalue weighted by molar-refractivity contribution is 5.88. The molecule has 3 N–H and O–H groups in total. The van der Waals surface area contributed by atoms with Crippen molar-refractivity contribution < 1.29 is 37.8 Å². The molecule has 0 amide bonds. The predicted molar refractivity (Wildman–Crippen MR) is 116 cm³/mol. The monoisotopic (exact) mass is 475 g/mol. The van der Waals surface area contributed by atoms with Crippen LogP contribution in [0.25, 0.3) is 0 Å². The summed E-state index contributed by atoms with van der Waals surface area (Å²) < 4.78 is 52.1. The fourth-order valence-electron chi connectivity index (χ4n) is 4.71. The molecule has 0 spiro atoms. The molecule has 0 saturated heterocycles. The van der Waals surface area contributed by atoms with Gasteiger partial charge in [-0.1, -0.05) is 24.4 Å². The first kappa shape index (κ1) is 27.1. The van der Waals surface area contributed by atoms with E-state index in [0.29, 0.717) is 37.7 Å². The molecule has 0 radical (unpaired) electrons. The summed E-state index contributed by atoms with van der Waals surface area (Å²) in [5.41, 5.74) is -0.119. The summed E-state index contributed by atoms with van der Waals surface area (Å²) in [6.45, 7) is 0. The molecular weight excluding hydrogens is 442 g/mol. The van der Waals surface area contributed by atoms with E-state index in [1.165, 1.54) is 0 Å². The van der Waals surface area contributed by atoms with Crippen LogP contribution in [0.4, 0.5) is 17.6 Å². The van der Waals surface area contributed by atoms with Gasteiger partial charge in [-0.25, -0.2) is 4.39 Å². The number of halogens is 4. The number of oxime groups is 1. The fourth-order valence-corrected chi connectivity index (χ4v) is 4.71. The van der Waals surface area contributed by atoms with E-state index in [9.17, 15) is 32.7 Å². The number of benzene rings is 1. The molecule has 1 saturated carbocycles. The maximum Gasteiger partial charge on any atom is 0.416 e. The molecule has 9 heteroatoms. The van der Waals surface area contributed by atoms with Gasteiger partial charge >= 0.3 is 12.1 Å². The number of carboxylic acids is 1. The zero-order chi connectivity index (χ0) is 24.4. The number of hydrogen-bond donors (Lipinski definition) is 3. The second-order valence-electron chi connectivity index (χ2n) is 8.96. The lowest BCUT2D eigenvalue weighted by Gasteiger charge is -2.21. The molecule has 0 bridgehead atoms. The summed E-state index contributed by atoms with van der Waals surface area (Å²) in [6.07, 6.45) is 2.15. The lowest BCUT2D eigenvalue weighted by molar-refractivity contribution is -0.138. The largest absolute Gasteiger partial charge is 0.481 e. The molecule has 5 nitrogen and oxygen atoms in total. The molecule has 33 heavy (non-hydrogen) atoms. The van der Waals surface area contributed by atoms with Gasteiger partial charge in [0, 0.05) is 12.3 Å². The molecule has 0 aromatic heterocycles. The van der Waals surface area contributed by atoms with Gasteiger partial charge in [0.05, 0.1) is 17.4 Å². The number of hydrogen-bond acceptors (Lipinski definition) is 4. The van der Waals surface area contributed by atoms with E-state index in [1.54, 1.807) is 0 Å². The second kappa shape index (κ2) is 12.9. The van der Waals surface area contributed by atoms with Crippen LogP contribution in [-0.2, 0) is 17.4 Å². The molecule has 1 fully saturated rings. The zero-order valence-electron chi connectivity index (χ0n) is 18.7. The number of unbranched alkanes of at least 4 members (excludes halogenated alkanes) is 3. The number of alkyl halides is 3. The van der Waals surface area contributed by atoms with Crippen molar-refractivity contribution in [1.29, 1.82) is 0 Å². The Bertz CT molecular complexity index is 797. The van der Waals surface area contributed by atoms with Crippen LogP contribution < -0.4 is 0 Å². The summed E-state index contributed by atoms with van der Waals surface area (Å²) in [5, 5.41) is 31.8. The van der Waals surface area contributed by atoms with Crippen LogP contribution in [0, 0.1) is 17.7 Å². The van der Waals surface area contributed by atoms with Gasteiger partial charge in [-0.2, -0.15) is 13.2 Å². The molecule has 1 aromatic rings. The van der Waals surface area contributed by atoms with Crippen molar-refractivity contribution in [2.24, 2.45) is 17.0 Å². The van der Waals surface area contributed by atoms with Gasteiger partial charge in [-0.15, -0.1) is 0 Å². The maximum absolute atomic E-state index is 13.5. The Morgan fingerprint density at radius 3 is 2.48 bits per heavy atom. The van der Waals surface area contributed by atoms with Gasteiger partial charge in [0.15, 0.2) is 0 Å². The molecule has 0 aliphatic heterocycles. The van der Waals surface area contributed by atoms with Crippen molar-refractivity contribution in [2.45, 2.75) is 89.3 Å². The third kappa shape index (κ3) is 9.31. The minimum atomic E-state index is -4.62. The third-order valence-electron chi connectivity index (χ3n) is 6.47. The van der Waals surface area contributed by atoms with E-state index in [2.05, 4.69) is 5.16 Å². The molecule has 0 heterocycles. The van der Waals surface area contributed by atoms with Crippen LogP contribution >= 0.6 is 0 Å². The van der Waals surface area contributed by atoms with E-state index in [1.807, 2.05) is 0 Å². The zero-order valence-corrected chi connectivity index (χ0v) is 18.7. The first-order valence-electron chi connectivity index (χ1n) is 11.6. The Morgan fingerprint density at radius 2 is 1.82 bits per heavy atom. The number of rotatable bonds is 13. The number of nitrogens with zero attached hydrogens (tertiary/aromatic N) is 1. The van der Waals surface area contributed by atoms with Crippen LogP contribution in [-0.4, -0.2) is 33.2 Å². The molecule has 186 valence electrons. The van der Waals surface area contributed by atoms with E-state index >= 15 is 0 Å². The third-order valence-corrected chi connectivity index (χ3v) is 6.47. The molecule has 2 unspecified atom stereocenters. The van der Waals surface area contributed by atoms with E-state index < -0.39 is 29.6 Å². The first-order valence-corrected chi connectivity index (χ1v) is 11.6. The topological polar surface area (TPSA) is 90.1 Å². The average molecular weight is 476 g/mol. The van der Waals surface area contributed by atoms with Crippen molar-refractivity contribution in [1.82, 2.24) is 0 Å². The highest BCUT2D eigenvalue weighted by Crippen LogP contribution is 2.37. The van der Waals surface area contributed by atoms with E-state index in [0.717, 1.165) is 49.9 Å². The lowest BCUT2D eigenvalue weighted by Crippen LogP contribution is -2.19. The van der Waals surface area contributed by atoms with Crippen molar-refractivity contribution in [3.8, 4) is 0 Å². The minimum absolute atomic E-state index is 0.0506. The van der Waals surface area contributed by atoms with Crippen molar-refractivity contribution in [3.05, 3.63) is 35.1 Å². The minimum Gasteiger partial charge on any atom is -0.481 e. The van der Waals surface area contributed by atoms with Gasteiger partial charge in [0.2, 0.25) is 0 Å². The standard InChI is InChI=1S/C24H33F4NO4/c25-19-14-16(13-18(15-19)24(26,27)28)7-9-20(30)10-11-21-17(8-12-22(21)29-33)5-3-1-2-4-6-23(31)32/h13-15,17,20-21,30,33H,1-12H2,(H,31,32)/b29-22-/t17?,20-,21?/m0/s1. The van der Waals surface area contributed by atoms with Crippen molar-refractivity contribution in [2.75, 3.05) is 0 Å². The molecule has 3 atom stereocenters. The molecule has 1 aliphatic carbocycles. The summed E-state index contributed by atoms with van der Waals surface area (Å²) in [6, 6.07) is 2.43. The first-order chi connectivity index (χ1) is 15.6. The van der Waals surface area contributed by atoms with Gasteiger partial charge in [0.1, 0.15) is 5.82 Å². The van der Waals surface area contributed by atoms with Gasteiger partial charge in [-0.3, -0.25) is 4.79 Å². The smallest absolute Gasteiger partial charge is 0.416 e. The second-order valence-corrected chi connectivity index (χ2v) is 8.96. The summed E-state index contributed by atoms with van der Waals surface area (Å²) in [5.74, 6) is -1.35. The summed E-state index contributed by atoms with van der Waals surface area (Å²) >= 11 is 0. The van der Waals surface area contributed by atoms with Crippen LogP contribution in [0.15, 0.2) is 23.4 Å². The van der Waals surface area contributed by atoms with Crippen LogP contribution in [0.5, 0.6) is 0 Å². The number of aliphatic hydroxyl groups is 1. The Balaban J connectivity index is 1.80. The van der Waals surface area contributed by atoms with Crippen LogP contribution in [0.2, 0.25) is 0 Å². The Morgan fingerprint density at radius 1 is 1.09 bits per heavy atom. The Hall–Kier alpha value is -2.16.